The molecule has 0 aliphatic carbocycles. The fourth-order valence-electron chi connectivity index (χ4n) is 1.83. The minimum absolute atomic E-state index is 0.288. The van der Waals surface area contributed by atoms with Gasteiger partial charge in [0.1, 0.15) is 18.2 Å². The highest BCUT2D eigenvalue weighted by atomic mass is 79.9. The molecule has 0 saturated heterocycles. The Hall–Kier alpha value is -1.88. The van der Waals surface area contributed by atoms with Crippen molar-refractivity contribution in [1.29, 1.82) is 0 Å². The maximum Gasteiger partial charge on any atom is 0.137 e. The lowest BCUT2D eigenvalue weighted by atomic mass is 10.1. The van der Waals surface area contributed by atoms with Gasteiger partial charge in [0.05, 0.1) is 10.2 Å². The molecular weight excluding hydrogens is 337 g/mol. The van der Waals surface area contributed by atoms with Gasteiger partial charge in [0.25, 0.3) is 0 Å². The van der Waals surface area contributed by atoms with Gasteiger partial charge in [-0.3, -0.25) is 0 Å². The second-order valence-corrected chi connectivity index (χ2v) is 5.55. The zero-order chi connectivity index (χ0) is 15.2. The van der Waals surface area contributed by atoms with Crippen molar-refractivity contribution < 1.29 is 14.3 Å². The number of hydrogen-bond acceptors (Lipinski definition) is 3. The van der Waals surface area contributed by atoms with Crippen LogP contribution < -0.4 is 4.74 Å². The minimum Gasteiger partial charge on any atom is -0.489 e. The van der Waals surface area contributed by atoms with Gasteiger partial charge in [0, 0.05) is 6.42 Å². The van der Waals surface area contributed by atoms with E-state index in [4.69, 9.17) is 9.94 Å². The standard InChI is InChI=1S/C16H15BrFNO2/c1-11(19-20)8-12-2-5-14(6-3-12)21-10-13-4-7-16(18)15(17)9-13/h2-7,9,20H,8,10H2,1H3/b19-11-. The van der Waals surface area contributed by atoms with E-state index in [2.05, 4.69) is 21.1 Å². The third kappa shape index (κ3) is 4.56. The predicted molar refractivity (Wildman–Crippen MR) is 83.5 cm³/mol. The van der Waals surface area contributed by atoms with Crippen LogP contribution >= 0.6 is 15.9 Å². The largest absolute Gasteiger partial charge is 0.489 e. The smallest absolute Gasteiger partial charge is 0.137 e. The summed E-state index contributed by atoms with van der Waals surface area (Å²) in [6, 6.07) is 12.4. The molecule has 5 heteroatoms. The van der Waals surface area contributed by atoms with E-state index in [0.29, 0.717) is 23.2 Å². The summed E-state index contributed by atoms with van der Waals surface area (Å²) in [6.45, 7) is 2.13. The quantitative estimate of drug-likeness (QED) is 0.487. The molecule has 0 aliphatic rings. The fraction of sp³-hybridized carbons (Fsp3) is 0.188. The number of nitrogens with zero attached hydrogens (tertiary/aromatic N) is 1. The van der Waals surface area contributed by atoms with E-state index in [-0.39, 0.29) is 5.82 Å². The molecule has 3 nitrogen and oxygen atoms in total. The van der Waals surface area contributed by atoms with Gasteiger partial charge in [-0.2, -0.15) is 0 Å². The molecular formula is C16H15BrFNO2. The predicted octanol–water partition coefficient (Wildman–Crippen LogP) is 4.56. The van der Waals surface area contributed by atoms with Crippen LogP contribution in [-0.2, 0) is 13.0 Å². The Morgan fingerprint density at radius 3 is 2.48 bits per heavy atom. The van der Waals surface area contributed by atoms with E-state index < -0.39 is 0 Å². The monoisotopic (exact) mass is 351 g/mol. The van der Waals surface area contributed by atoms with Crippen LogP contribution in [0.2, 0.25) is 0 Å². The summed E-state index contributed by atoms with van der Waals surface area (Å²) in [7, 11) is 0. The van der Waals surface area contributed by atoms with Crippen LogP contribution in [-0.4, -0.2) is 10.9 Å². The minimum atomic E-state index is -0.288. The third-order valence-corrected chi connectivity index (χ3v) is 3.55. The van der Waals surface area contributed by atoms with Gasteiger partial charge in [-0.1, -0.05) is 23.4 Å². The molecule has 0 unspecified atom stereocenters. The first-order valence-corrected chi connectivity index (χ1v) is 7.21. The molecule has 2 aromatic rings. The van der Waals surface area contributed by atoms with Crippen LogP contribution in [0.4, 0.5) is 4.39 Å². The van der Waals surface area contributed by atoms with Crippen LogP contribution in [0.3, 0.4) is 0 Å². The Morgan fingerprint density at radius 2 is 1.86 bits per heavy atom. The first kappa shape index (κ1) is 15.5. The van der Waals surface area contributed by atoms with E-state index in [1.54, 1.807) is 19.1 Å². The van der Waals surface area contributed by atoms with Crippen molar-refractivity contribution in [1.82, 2.24) is 0 Å². The van der Waals surface area contributed by atoms with Crippen molar-refractivity contribution in [2.24, 2.45) is 5.16 Å². The summed E-state index contributed by atoms with van der Waals surface area (Å²) in [5, 5.41) is 11.8. The highest BCUT2D eigenvalue weighted by Crippen LogP contribution is 2.19. The van der Waals surface area contributed by atoms with Crippen molar-refractivity contribution in [2.75, 3.05) is 0 Å². The molecule has 21 heavy (non-hydrogen) atoms. The molecule has 0 amide bonds. The van der Waals surface area contributed by atoms with E-state index in [9.17, 15) is 4.39 Å². The van der Waals surface area contributed by atoms with Gasteiger partial charge in [-0.05, 0) is 58.2 Å². The van der Waals surface area contributed by atoms with E-state index in [1.165, 1.54) is 6.07 Å². The first-order chi connectivity index (χ1) is 10.1. The highest BCUT2D eigenvalue weighted by molar-refractivity contribution is 9.10. The maximum absolute atomic E-state index is 13.1. The molecule has 0 radical (unpaired) electrons. The van der Waals surface area contributed by atoms with E-state index >= 15 is 0 Å². The number of ether oxygens (including phenoxy) is 1. The average Bonchev–Trinajstić information content (AvgIpc) is 2.50. The molecule has 2 rings (SSSR count). The Balaban J connectivity index is 1.95. The number of rotatable bonds is 5. The molecule has 0 spiro atoms. The molecule has 110 valence electrons. The van der Waals surface area contributed by atoms with E-state index in [1.807, 2.05) is 24.3 Å². The molecule has 0 heterocycles. The number of benzene rings is 2. The van der Waals surface area contributed by atoms with Crippen LogP contribution in [0.25, 0.3) is 0 Å². The summed E-state index contributed by atoms with van der Waals surface area (Å²) < 4.78 is 19.2. The van der Waals surface area contributed by atoms with Crippen LogP contribution in [0.5, 0.6) is 5.75 Å². The van der Waals surface area contributed by atoms with Gasteiger partial charge in [-0.25, -0.2) is 4.39 Å². The van der Waals surface area contributed by atoms with Gasteiger partial charge in [-0.15, -0.1) is 0 Å². The van der Waals surface area contributed by atoms with E-state index in [0.717, 1.165) is 16.9 Å². The van der Waals surface area contributed by atoms with Crippen molar-refractivity contribution in [3.05, 3.63) is 63.9 Å². The summed E-state index contributed by atoms with van der Waals surface area (Å²) in [4.78, 5) is 0. The Bertz CT molecular complexity index is 641. The zero-order valence-corrected chi connectivity index (χ0v) is 13.1. The van der Waals surface area contributed by atoms with Gasteiger partial charge in [0.2, 0.25) is 0 Å². The van der Waals surface area contributed by atoms with Crippen molar-refractivity contribution >= 4 is 21.6 Å². The lowest BCUT2D eigenvalue weighted by molar-refractivity contribution is 0.306. The van der Waals surface area contributed by atoms with Crippen LogP contribution in [0.1, 0.15) is 18.1 Å². The molecule has 1 N–H and O–H groups in total. The fourth-order valence-corrected chi connectivity index (χ4v) is 2.26. The van der Waals surface area contributed by atoms with Crippen molar-refractivity contribution in [3.8, 4) is 5.75 Å². The third-order valence-electron chi connectivity index (χ3n) is 2.94. The summed E-state index contributed by atoms with van der Waals surface area (Å²) in [5.41, 5.74) is 2.58. The van der Waals surface area contributed by atoms with Crippen molar-refractivity contribution in [2.45, 2.75) is 20.0 Å². The van der Waals surface area contributed by atoms with Crippen molar-refractivity contribution in [3.63, 3.8) is 0 Å². The van der Waals surface area contributed by atoms with Gasteiger partial charge < -0.3 is 9.94 Å². The Labute approximate surface area is 131 Å². The molecule has 0 aromatic heterocycles. The SMILES string of the molecule is C/C(Cc1ccc(OCc2ccc(F)c(Br)c2)cc1)=N/O. The Kier molecular flexibility index (Phi) is 5.33. The molecule has 0 atom stereocenters. The average molecular weight is 352 g/mol. The molecule has 2 aromatic carbocycles. The maximum atomic E-state index is 13.1. The molecule has 0 fully saturated rings. The second-order valence-electron chi connectivity index (χ2n) is 4.69. The van der Waals surface area contributed by atoms with Crippen LogP contribution in [0, 0.1) is 5.82 Å². The lowest BCUT2D eigenvalue weighted by Gasteiger charge is -2.08. The first-order valence-electron chi connectivity index (χ1n) is 6.41. The lowest BCUT2D eigenvalue weighted by Crippen LogP contribution is -1.98. The summed E-state index contributed by atoms with van der Waals surface area (Å²) in [6.07, 6.45) is 0.599. The molecule has 0 aliphatic heterocycles. The summed E-state index contributed by atoms with van der Waals surface area (Å²) >= 11 is 3.15. The highest BCUT2D eigenvalue weighted by Gasteiger charge is 2.02. The van der Waals surface area contributed by atoms with Gasteiger partial charge >= 0.3 is 0 Å². The summed E-state index contributed by atoms with van der Waals surface area (Å²) in [5.74, 6) is 0.446. The number of oxime groups is 1. The second kappa shape index (κ2) is 7.22. The molecule has 0 bridgehead atoms. The van der Waals surface area contributed by atoms with Crippen LogP contribution in [0.15, 0.2) is 52.1 Å². The number of hydrogen-bond donors (Lipinski definition) is 1. The number of halogens is 2. The zero-order valence-electron chi connectivity index (χ0n) is 11.5. The van der Waals surface area contributed by atoms with Gasteiger partial charge in [0.15, 0.2) is 0 Å². The Morgan fingerprint density at radius 1 is 1.19 bits per heavy atom. The molecule has 0 saturated carbocycles. The normalized spacial score (nSPS) is 11.5. The topological polar surface area (TPSA) is 41.8 Å².